The molecule has 1 aliphatic rings. The number of benzene rings is 1. The fraction of sp³-hybridized carbons (Fsp3) is 0.467. The third-order valence-electron chi connectivity index (χ3n) is 3.68. The molecule has 0 saturated carbocycles. The normalized spacial score (nSPS) is 19.0. The van der Waals surface area contributed by atoms with Gasteiger partial charge in [0, 0.05) is 17.3 Å². The molecule has 2 atom stereocenters. The minimum atomic E-state index is -4.92. The van der Waals surface area contributed by atoms with Crippen LogP contribution in [0.4, 0.5) is 18.9 Å². The predicted octanol–water partition coefficient (Wildman–Crippen LogP) is 3.73. The van der Waals surface area contributed by atoms with Crippen LogP contribution >= 0.6 is 11.6 Å². The van der Waals surface area contributed by atoms with Crippen molar-refractivity contribution in [3.63, 3.8) is 0 Å². The van der Waals surface area contributed by atoms with Gasteiger partial charge < -0.3 is 4.90 Å². The second-order valence-corrected chi connectivity index (χ2v) is 5.84. The third-order valence-corrected chi connectivity index (χ3v) is 4.19. The van der Waals surface area contributed by atoms with Crippen LogP contribution in [0.25, 0.3) is 0 Å². The molecule has 0 spiro atoms. The summed E-state index contributed by atoms with van der Waals surface area (Å²) in [7, 11) is 0. The number of anilines is 1. The van der Waals surface area contributed by atoms with E-state index in [-0.39, 0.29) is 17.9 Å². The first kappa shape index (κ1) is 16.8. The standard InChI is InChI=1S/C15H15ClF3NO2/c1-3-11(16)13(21)9-4-5-12-10(7-9)6-8(2)20(12)14(22)15(17,18)19/h4-5,7-8,11H,3,6H2,1-2H3. The van der Waals surface area contributed by atoms with Gasteiger partial charge in [-0.1, -0.05) is 6.92 Å². The van der Waals surface area contributed by atoms with Crippen molar-refractivity contribution in [2.24, 2.45) is 0 Å². The van der Waals surface area contributed by atoms with Gasteiger partial charge in [0.2, 0.25) is 0 Å². The Morgan fingerprint density at radius 3 is 2.59 bits per heavy atom. The number of rotatable bonds is 3. The summed E-state index contributed by atoms with van der Waals surface area (Å²) >= 11 is 5.91. The fourth-order valence-corrected chi connectivity index (χ4v) is 2.72. The minimum Gasteiger partial charge on any atom is -0.301 e. The highest BCUT2D eigenvalue weighted by Gasteiger charge is 2.46. The molecule has 0 N–H and O–H groups in total. The van der Waals surface area contributed by atoms with Crippen molar-refractivity contribution in [3.05, 3.63) is 29.3 Å². The van der Waals surface area contributed by atoms with Crippen molar-refractivity contribution >= 4 is 29.0 Å². The number of alkyl halides is 4. The molecule has 7 heteroatoms. The molecule has 0 radical (unpaired) electrons. The number of Topliss-reactive ketones (excluding diaryl/α,β-unsaturated/α-hetero) is 1. The largest absolute Gasteiger partial charge is 0.471 e. The molecule has 3 nitrogen and oxygen atoms in total. The quantitative estimate of drug-likeness (QED) is 0.624. The molecule has 1 amide bonds. The number of amides is 1. The topological polar surface area (TPSA) is 37.4 Å². The molecule has 1 aliphatic heterocycles. The number of carbonyl (C=O) groups excluding carboxylic acids is 2. The number of carbonyl (C=O) groups is 2. The smallest absolute Gasteiger partial charge is 0.301 e. The van der Waals surface area contributed by atoms with Crippen molar-refractivity contribution < 1.29 is 22.8 Å². The maximum absolute atomic E-state index is 12.7. The van der Waals surface area contributed by atoms with Crippen LogP contribution in [-0.2, 0) is 11.2 Å². The fourth-order valence-electron chi connectivity index (χ4n) is 2.60. The van der Waals surface area contributed by atoms with E-state index in [9.17, 15) is 22.8 Å². The summed E-state index contributed by atoms with van der Waals surface area (Å²) in [6, 6.07) is 3.73. The average molecular weight is 334 g/mol. The van der Waals surface area contributed by atoms with Crippen LogP contribution in [0.5, 0.6) is 0 Å². The van der Waals surface area contributed by atoms with Crippen LogP contribution in [0.1, 0.15) is 36.2 Å². The van der Waals surface area contributed by atoms with E-state index in [1.165, 1.54) is 18.2 Å². The van der Waals surface area contributed by atoms with Gasteiger partial charge in [-0.15, -0.1) is 11.6 Å². The molecule has 2 unspecified atom stereocenters. The van der Waals surface area contributed by atoms with Crippen LogP contribution in [-0.4, -0.2) is 29.3 Å². The molecule has 2 rings (SSSR count). The summed E-state index contributed by atoms with van der Waals surface area (Å²) in [4.78, 5) is 24.3. The highest BCUT2D eigenvalue weighted by molar-refractivity contribution is 6.33. The maximum Gasteiger partial charge on any atom is 0.471 e. The van der Waals surface area contributed by atoms with Gasteiger partial charge in [-0.2, -0.15) is 13.2 Å². The van der Waals surface area contributed by atoms with Crippen LogP contribution in [0.15, 0.2) is 18.2 Å². The molecule has 0 bridgehead atoms. The van der Waals surface area contributed by atoms with Gasteiger partial charge >= 0.3 is 12.1 Å². The lowest BCUT2D eigenvalue weighted by atomic mass is 10.0. The lowest BCUT2D eigenvalue weighted by molar-refractivity contribution is -0.170. The summed E-state index contributed by atoms with van der Waals surface area (Å²) in [6.45, 7) is 3.32. The maximum atomic E-state index is 12.7. The second kappa shape index (κ2) is 5.91. The zero-order chi connectivity index (χ0) is 16.7. The summed E-state index contributed by atoms with van der Waals surface area (Å²) in [5.41, 5.74) is 1.11. The zero-order valence-corrected chi connectivity index (χ0v) is 12.8. The third kappa shape index (κ3) is 2.97. The van der Waals surface area contributed by atoms with Crippen LogP contribution < -0.4 is 4.90 Å². The van der Waals surface area contributed by atoms with E-state index >= 15 is 0 Å². The Morgan fingerprint density at radius 2 is 2.05 bits per heavy atom. The molecule has 1 heterocycles. The van der Waals surface area contributed by atoms with Gasteiger partial charge in [0.15, 0.2) is 5.78 Å². The molecule has 1 aromatic carbocycles. The Labute approximate surface area is 131 Å². The molecule has 0 aromatic heterocycles. The highest BCUT2D eigenvalue weighted by Crippen LogP contribution is 2.36. The first-order chi connectivity index (χ1) is 10.2. The van der Waals surface area contributed by atoms with Crippen LogP contribution in [0.2, 0.25) is 0 Å². The minimum absolute atomic E-state index is 0.203. The molecule has 22 heavy (non-hydrogen) atoms. The predicted molar refractivity (Wildman–Crippen MR) is 77.4 cm³/mol. The van der Waals surface area contributed by atoms with Crippen LogP contribution in [0, 0.1) is 0 Å². The molecule has 0 saturated heterocycles. The number of halogens is 4. The Morgan fingerprint density at radius 1 is 1.41 bits per heavy atom. The monoisotopic (exact) mass is 333 g/mol. The van der Waals surface area contributed by atoms with Crippen molar-refractivity contribution in [2.75, 3.05) is 4.90 Å². The van der Waals surface area contributed by atoms with Gasteiger partial charge in [0.25, 0.3) is 0 Å². The average Bonchev–Trinajstić information content (AvgIpc) is 2.78. The Kier molecular flexibility index (Phi) is 4.52. The van der Waals surface area contributed by atoms with E-state index in [0.29, 0.717) is 17.5 Å². The molecular weight excluding hydrogens is 319 g/mol. The van der Waals surface area contributed by atoms with Crippen molar-refractivity contribution in [2.45, 2.75) is 44.3 Å². The Hall–Kier alpha value is -1.56. The summed E-state index contributed by atoms with van der Waals surface area (Å²) < 4.78 is 38.0. The number of ketones is 1. The molecule has 120 valence electrons. The van der Waals surface area contributed by atoms with E-state index < -0.39 is 23.5 Å². The summed E-state index contributed by atoms with van der Waals surface area (Å²) in [6.07, 6.45) is -4.18. The summed E-state index contributed by atoms with van der Waals surface area (Å²) in [5, 5.41) is -0.662. The van der Waals surface area contributed by atoms with E-state index in [2.05, 4.69) is 0 Å². The molecule has 0 aliphatic carbocycles. The van der Waals surface area contributed by atoms with Gasteiger partial charge in [-0.3, -0.25) is 9.59 Å². The first-order valence-corrected chi connectivity index (χ1v) is 7.32. The first-order valence-electron chi connectivity index (χ1n) is 6.88. The van der Waals surface area contributed by atoms with Gasteiger partial charge in [0.05, 0.1) is 5.38 Å². The van der Waals surface area contributed by atoms with E-state index in [1.54, 1.807) is 13.8 Å². The number of fused-ring (bicyclic) bond motifs is 1. The van der Waals surface area contributed by atoms with Crippen LogP contribution in [0.3, 0.4) is 0 Å². The number of hydrogen-bond donors (Lipinski definition) is 0. The van der Waals surface area contributed by atoms with E-state index in [4.69, 9.17) is 11.6 Å². The SMILES string of the molecule is CCC(Cl)C(=O)c1ccc2c(c1)CC(C)N2C(=O)C(F)(F)F. The highest BCUT2D eigenvalue weighted by atomic mass is 35.5. The van der Waals surface area contributed by atoms with Gasteiger partial charge in [-0.25, -0.2) is 0 Å². The lowest BCUT2D eigenvalue weighted by Gasteiger charge is -2.23. The van der Waals surface area contributed by atoms with Crippen molar-refractivity contribution in [1.29, 1.82) is 0 Å². The zero-order valence-electron chi connectivity index (χ0n) is 12.1. The molecule has 0 fully saturated rings. The summed E-state index contributed by atoms with van der Waals surface area (Å²) in [5.74, 6) is -2.15. The van der Waals surface area contributed by atoms with E-state index in [0.717, 1.165) is 4.90 Å². The van der Waals surface area contributed by atoms with Crippen molar-refractivity contribution in [3.8, 4) is 0 Å². The van der Waals surface area contributed by atoms with Crippen molar-refractivity contribution in [1.82, 2.24) is 0 Å². The van der Waals surface area contributed by atoms with E-state index in [1.807, 2.05) is 0 Å². The molecular formula is C15H15ClF3NO2. The number of nitrogens with zero attached hydrogens (tertiary/aromatic N) is 1. The lowest BCUT2D eigenvalue weighted by Crippen LogP contribution is -2.44. The Bertz CT molecular complexity index is 615. The second-order valence-electron chi connectivity index (χ2n) is 5.31. The Balaban J connectivity index is 2.36. The van der Waals surface area contributed by atoms with Gasteiger partial charge in [-0.05, 0) is 43.5 Å². The molecule has 1 aromatic rings. The number of hydrogen-bond acceptors (Lipinski definition) is 2. The van der Waals surface area contributed by atoms with Gasteiger partial charge in [0.1, 0.15) is 0 Å².